The monoisotopic (exact) mass is 233 g/mol. The number of para-hydroxylation sites is 1. The SMILES string of the molecule is CN1CCCN(CCc2ccccc2N)CC1. The van der Waals surface area contributed by atoms with Crippen LogP contribution in [0.3, 0.4) is 0 Å². The van der Waals surface area contributed by atoms with Crippen molar-refractivity contribution < 1.29 is 0 Å². The second kappa shape index (κ2) is 6.03. The van der Waals surface area contributed by atoms with E-state index in [4.69, 9.17) is 5.73 Å². The molecule has 0 radical (unpaired) electrons. The van der Waals surface area contributed by atoms with Crippen molar-refractivity contribution >= 4 is 5.69 Å². The van der Waals surface area contributed by atoms with Crippen LogP contribution in [0.15, 0.2) is 24.3 Å². The number of nitrogens with zero attached hydrogens (tertiary/aromatic N) is 2. The fraction of sp³-hybridized carbons (Fsp3) is 0.571. The molecule has 0 spiro atoms. The largest absolute Gasteiger partial charge is 0.399 e. The van der Waals surface area contributed by atoms with Crippen molar-refractivity contribution in [1.29, 1.82) is 0 Å². The van der Waals surface area contributed by atoms with Crippen molar-refractivity contribution in [3.8, 4) is 0 Å². The Balaban J connectivity index is 1.83. The molecule has 0 bridgehead atoms. The second-order valence-electron chi connectivity index (χ2n) is 4.95. The van der Waals surface area contributed by atoms with Gasteiger partial charge in [0.25, 0.3) is 0 Å². The van der Waals surface area contributed by atoms with Crippen LogP contribution in [-0.4, -0.2) is 49.6 Å². The predicted octanol–water partition coefficient (Wildman–Crippen LogP) is 1.45. The molecule has 0 atom stereocenters. The van der Waals surface area contributed by atoms with E-state index in [0.717, 1.165) is 18.7 Å². The van der Waals surface area contributed by atoms with Gasteiger partial charge in [-0.3, -0.25) is 0 Å². The number of likely N-dealkylation sites (N-methyl/N-ethyl adjacent to an activating group) is 1. The quantitative estimate of drug-likeness (QED) is 0.802. The predicted molar refractivity (Wildman–Crippen MR) is 73.1 cm³/mol. The van der Waals surface area contributed by atoms with Gasteiger partial charge in [-0.15, -0.1) is 0 Å². The van der Waals surface area contributed by atoms with E-state index in [0.29, 0.717) is 0 Å². The van der Waals surface area contributed by atoms with Gasteiger partial charge >= 0.3 is 0 Å². The van der Waals surface area contributed by atoms with Gasteiger partial charge in [-0.25, -0.2) is 0 Å². The Kier molecular flexibility index (Phi) is 4.40. The molecular weight excluding hydrogens is 210 g/mol. The van der Waals surface area contributed by atoms with Crippen molar-refractivity contribution in [2.24, 2.45) is 0 Å². The van der Waals surface area contributed by atoms with Crippen LogP contribution in [0.1, 0.15) is 12.0 Å². The van der Waals surface area contributed by atoms with E-state index < -0.39 is 0 Å². The fourth-order valence-electron chi connectivity index (χ4n) is 2.36. The van der Waals surface area contributed by atoms with Crippen molar-refractivity contribution in [2.75, 3.05) is 45.5 Å². The summed E-state index contributed by atoms with van der Waals surface area (Å²) in [6.07, 6.45) is 2.34. The van der Waals surface area contributed by atoms with Gasteiger partial charge in [0.1, 0.15) is 0 Å². The molecule has 0 unspecified atom stereocenters. The van der Waals surface area contributed by atoms with E-state index in [-0.39, 0.29) is 0 Å². The van der Waals surface area contributed by atoms with Gasteiger partial charge in [0.15, 0.2) is 0 Å². The Morgan fingerprint density at radius 2 is 1.94 bits per heavy atom. The first kappa shape index (κ1) is 12.4. The van der Waals surface area contributed by atoms with Crippen LogP contribution in [0.4, 0.5) is 5.69 Å². The number of rotatable bonds is 3. The second-order valence-corrected chi connectivity index (χ2v) is 4.95. The van der Waals surface area contributed by atoms with Crippen LogP contribution in [0.2, 0.25) is 0 Å². The van der Waals surface area contributed by atoms with E-state index >= 15 is 0 Å². The molecule has 0 saturated carbocycles. The highest BCUT2D eigenvalue weighted by molar-refractivity contribution is 5.46. The number of anilines is 1. The lowest BCUT2D eigenvalue weighted by Gasteiger charge is -2.20. The van der Waals surface area contributed by atoms with Crippen molar-refractivity contribution in [3.05, 3.63) is 29.8 Å². The van der Waals surface area contributed by atoms with Crippen LogP contribution < -0.4 is 5.73 Å². The molecule has 1 fully saturated rings. The molecule has 1 saturated heterocycles. The number of benzene rings is 1. The summed E-state index contributed by atoms with van der Waals surface area (Å²) in [6, 6.07) is 8.20. The third-order valence-corrected chi connectivity index (χ3v) is 3.56. The summed E-state index contributed by atoms with van der Waals surface area (Å²) in [5, 5.41) is 0. The van der Waals surface area contributed by atoms with Crippen LogP contribution >= 0.6 is 0 Å². The highest BCUT2D eigenvalue weighted by Gasteiger charge is 2.11. The molecule has 3 heteroatoms. The summed E-state index contributed by atoms with van der Waals surface area (Å²) in [5.41, 5.74) is 8.17. The molecule has 94 valence electrons. The van der Waals surface area contributed by atoms with Gasteiger partial charge in [-0.1, -0.05) is 18.2 Å². The Morgan fingerprint density at radius 3 is 2.76 bits per heavy atom. The van der Waals surface area contributed by atoms with Gasteiger partial charge in [0, 0.05) is 25.3 Å². The molecular formula is C14H23N3. The molecule has 1 aliphatic rings. The third kappa shape index (κ3) is 3.72. The lowest BCUT2D eigenvalue weighted by molar-refractivity contribution is 0.279. The third-order valence-electron chi connectivity index (χ3n) is 3.56. The van der Waals surface area contributed by atoms with Crippen LogP contribution in [0.25, 0.3) is 0 Å². The zero-order valence-electron chi connectivity index (χ0n) is 10.7. The first-order valence-corrected chi connectivity index (χ1v) is 6.50. The lowest BCUT2D eigenvalue weighted by Crippen LogP contribution is -2.30. The van der Waals surface area contributed by atoms with E-state index in [1.165, 1.54) is 38.2 Å². The molecule has 0 aliphatic carbocycles. The van der Waals surface area contributed by atoms with Crippen molar-refractivity contribution in [2.45, 2.75) is 12.8 Å². The molecule has 1 aliphatic heterocycles. The number of nitrogen functional groups attached to an aromatic ring is 1. The van der Waals surface area contributed by atoms with E-state index in [1.807, 2.05) is 12.1 Å². The Labute approximate surface area is 104 Å². The maximum Gasteiger partial charge on any atom is 0.0347 e. The summed E-state index contributed by atoms with van der Waals surface area (Å²) >= 11 is 0. The summed E-state index contributed by atoms with van der Waals surface area (Å²) in [4.78, 5) is 4.97. The normalized spacial score (nSPS) is 19.1. The topological polar surface area (TPSA) is 32.5 Å². The summed E-state index contributed by atoms with van der Waals surface area (Å²) in [6.45, 7) is 5.94. The van der Waals surface area contributed by atoms with E-state index in [2.05, 4.69) is 29.0 Å². The Morgan fingerprint density at radius 1 is 1.12 bits per heavy atom. The summed E-state index contributed by atoms with van der Waals surface area (Å²) < 4.78 is 0. The average molecular weight is 233 g/mol. The maximum atomic E-state index is 5.96. The first-order valence-electron chi connectivity index (χ1n) is 6.50. The zero-order valence-corrected chi connectivity index (χ0v) is 10.7. The maximum absolute atomic E-state index is 5.96. The molecule has 2 N–H and O–H groups in total. The molecule has 0 amide bonds. The smallest absolute Gasteiger partial charge is 0.0347 e. The van der Waals surface area contributed by atoms with Gasteiger partial charge in [-0.2, -0.15) is 0 Å². The van der Waals surface area contributed by atoms with E-state index in [1.54, 1.807) is 0 Å². The molecule has 1 aromatic rings. The minimum absolute atomic E-state index is 0.930. The van der Waals surface area contributed by atoms with Crippen molar-refractivity contribution in [1.82, 2.24) is 9.80 Å². The molecule has 1 heterocycles. The Hall–Kier alpha value is -1.06. The van der Waals surface area contributed by atoms with E-state index in [9.17, 15) is 0 Å². The van der Waals surface area contributed by atoms with Gasteiger partial charge in [0.2, 0.25) is 0 Å². The van der Waals surface area contributed by atoms with Gasteiger partial charge in [-0.05, 0) is 44.6 Å². The summed E-state index contributed by atoms with van der Waals surface area (Å²) in [5.74, 6) is 0. The highest BCUT2D eigenvalue weighted by atomic mass is 15.2. The number of nitrogens with two attached hydrogens (primary N) is 1. The molecule has 1 aromatic carbocycles. The number of hydrogen-bond donors (Lipinski definition) is 1. The van der Waals surface area contributed by atoms with Gasteiger partial charge < -0.3 is 15.5 Å². The van der Waals surface area contributed by atoms with Crippen LogP contribution in [0.5, 0.6) is 0 Å². The molecule has 17 heavy (non-hydrogen) atoms. The van der Waals surface area contributed by atoms with Crippen LogP contribution in [0, 0.1) is 0 Å². The van der Waals surface area contributed by atoms with Crippen molar-refractivity contribution in [3.63, 3.8) is 0 Å². The Bertz CT molecular complexity index is 351. The standard InChI is InChI=1S/C14H23N3/c1-16-8-4-9-17(12-11-16)10-7-13-5-2-3-6-14(13)15/h2-3,5-6H,4,7-12,15H2,1H3. The highest BCUT2D eigenvalue weighted by Crippen LogP contribution is 2.12. The minimum atomic E-state index is 0.930. The minimum Gasteiger partial charge on any atom is -0.399 e. The molecule has 3 nitrogen and oxygen atoms in total. The lowest BCUT2D eigenvalue weighted by atomic mass is 10.1. The average Bonchev–Trinajstić information content (AvgIpc) is 2.53. The van der Waals surface area contributed by atoms with Gasteiger partial charge in [0.05, 0.1) is 0 Å². The molecule has 2 rings (SSSR count). The zero-order chi connectivity index (χ0) is 12.1. The number of hydrogen-bond acceptors (Lipinski definition) is 3. The molecule has 0 aromatic heterocycles. The van der Waals surface area contributed by atoms with Crippen LogP contribution in [-0.2, 0) is 6.42 Å². The fourth-order valence-corrected chi connectivity index (χ4v) is 2.36. The summed E-state index contributed by atoms with van der Waals surface area (Å²) in [7, 11) is 2.21. The first-order chi connectivity index (χ1) is 8.25.